The fourth-order valence-corrected chi connectivity index (χ4v) is 1.77. The molecule has 0 aliphatic heterocycles. The second-order valence-corrected chi connectivity index (χ2v) is 4.68. The molecule has 0 bridgehead atoms. The molecule has 6 heteroatoms. The third-order valence-electron chi connectivity index (χ3n) is 2.92. The molecular weight excluding hydrogens is 284 g/mol. The van der Waals surface area contributed by atoms with E-state index in [4.69, 9.17) is 9.84 Å². The molecule has 0 fully saturated rings. The highest BCUT2D eigenvalue weighted by Gasteiger charge is 2.15. The molecule has 0 heterocycles. The van der Waals surface area contributed by atoms with Crippen LogP contribution >= 0.6 is 0 Å². The molecule has 0 radical (unpaired) electrons. The summed E-state index contributed by atoms with van der Waals surface area (Å²) in [6, 6.07) is 5.84. The summed E-state index contributed by atoms with van der Waals surface area (Å²) in [6.07, 6.45) is 0.944. The maximum atomic E-state index is 11.6. The summed E-state index contributed by atoms with van der Waals surface area (Å²) in [6.45, 7) is 7.92. The lowest BCUT2D eigenvalue weighted by Gasteiger charge is -2.18. The Morgan fingerprint density at radius 2 is 1.95 bits per heavy atom. The summed E-state index contributed by atoms with van der Waals surface area (Å²) >= 11 is 0. The van der Waals surface area contributed by atoms with Crippen molar-refractivity contribution in [3.05, 3.63) is 29.3 Å². The molecule has 0 amide bonds. The number of hydrogen-bond donors (Lipinski definition) is 3. The molecular formula is C16H26N2O4. The predicted octanol–water partition coefficient (Wildman–Crippen LogP) is 1.95. The van der Waals surface area contributed by atoms with E-state index in [0.717, 1.165) is 17.7 Å². The van der Waals surface area contributed by atoms with Gasteiger partial charge in [-0.05, 0) is 38.3 Å². The number of nitrogens with one attached hydrogen (secondary N) is 1. The molecule has 124 valence electrons. The van der Waals surface area contributed by atoms with E-state index in [1.54, 1.807) is 0 Å². The molecule has 1 aromatic rings. The number of aryl methyl sites for hydroxylation is 2. The van der Waals surface area contributed by atoms with Gasteiger partial charge in [-0.25, -0.2) is 4.79 Å². The van der Waals surface area contributed by atoms with Gasteiger partial charge in [-0.3, -0.25) is 4.79 Å². The number of carboxylic acids is 1. The van der Waals surface area contributed by atoms with Crippen molar-refractivity contribution in [1.29, 1.82) is 0 Å². The number of hydrogen-bond acceptors (Lipinski definition) is 5. The van der Waals surface area contributed by atoms with Gasteiger partial charge in [0, 0.05) is 5.69 Å². The van der Waals surface area contributed by atoms with Gasteiger partial charge in [0.05, 0.1) is 13.2 Å². The van der Waals surface area contributed by atoms with Crippen LogP contribution < -0.4 is 11.1 Å². The molecule has 6 nitrogen and oxygen atoms in total. The van der Waals surface area contributed by atoms with E-state index in [2.05, 4.69) is 24.0 Å². The van der Waals surface area contributed by atoms with Crippen molar-refractivity contribution < 1.29 is 19.4 Å². The first-order valence-corrected chi connectivity index (χ1v) is 7.30. The number of ether oxygens (including phenoxy) is 1. The van der Waals surface area contributed by atoms with Crippen molar-refractivity contribution in [3.8, 4) is 0 Å². The molecule has 0 saturated carbocycles. The number of benzene rings is 1. The van der Waals surface area contributed by atoms with Crippen LogP contribution in [0.3, 0.4) is 0 Å². The molecule has 1 rings (SSSR count). The topological polar surface area (TPSA) is 102 Å². The van der Waals surface area contributed by atoms with Crippen LogP contribution in [-0.2, 0) is 20.7 Å². The van der Waals surface area contributed by atoms with Crippen molar-refractivity contribution >= 4 is 17.6 Å². The Morgan fingerprint density at radius 3 is 2.41 bits per heavy atom. The van der Waals surface area contributed by atoms with Crippen molar-refractivity contribution in [3.63, 3.8) is 0 Å². The molecule has 0 unspecified atom stereocenters. The second-order valence-electron chi connectivity index (χ2n) is 4.68. The summed E-state index contributed by atoms with van der Waals surface area (Å²) in [4.78, 5) is 20.8. The maximum Gasteiger partial charge on any atom is 0.328 e. The van der Waals surface area contributed by atoms with Crippen LogP contribution in [0.4, 0.5) is 5.69 Å². The largest absolute Gasteiger partial charge is 0.480 e. The lowest BCUT2D eigenvalue weighted by atomic mass is 10.1. The van der Waals surface area contributed by atoms with E-state index in [9.17, 15) is 9.59 Å². The molecule has 22 heavy (non-hydrogen) atoms. The smallest absolute Gasteiger partial charge is 0.328 e. The first-order valence-electron chi connectivity index (χ1n) is 7.30. The fourth-order valence-electron chi connectivity index (χ4n) is 1.77. The van der Waals surface area contributed by atoms with Gasteiger partial charge in [0.15, 0.2) is 0 Å². The lowest BCUT2D eigenvalue weighted by molar-refractivity contribution is -0.143. The van der Waals surface area contributed by atoms with Crippen LogP contribution in [0, 0.1) is 6.92 Å². The monoisotopic (exact) mass is 310 g/mol. The summed E-state index contributed by atoms with van der Waals surface area (Å²) in [5, 5.41) is 10.8. The van der Waals surface area contributed by atoms with Gasteiger partial charge in [-0.1, -0.05) is 25.1 Å². The maximum absolute atomic E-state index is 11.6. The Hall–Kier alpha value is -2.08. The highest BCUT2D eigenvalue weighted by Crippen LogP contribution is 2.22. The first kappa shape index (κ1) is 19.9. The van der Waals surface area contributed by atoms with Gasteiger partial charge in [-0.15, -0.1) is 0 Å². The highest BCUT2D eigenvalue weighted by molar-refractivity contribution is 5.79. The van der Waals surface area contributed by atoms with Gasteiger partial charge in [0.25, 0.3) is 0 Å². The number of rotatable bonds is 6. The Morgan fingerprint density at radius 1 is 1.36 bits per heavy atom. The summed E-state index contributed by atoms with van der Waals surface area (Å²) in [7, 11) is 0. The van der Waals surface area contributed by atoms with Crippen molar-refractivity contribution in [2.75, 3.05) is 18.5 Å². The normalized spacial score (nSPS) is 11.0. The van der Waals surface area contributed by atoms with Gasteiger partial charge in [0.1, 0.15) is 6.04 Å². The van der Waals surface area contributed by atoms with Crippen LogP contribution in [0.25, 0.3) is 0 Å². The SMILES string of the molecule is CCOC(=O)[C@H](C)Nc1c(C)cccc1CC.NCC(=O)O. The fraction of sp³-hybridized carbons (Fsp3) is 0.500. The Bertz CT molecular complexity index is 489. The van der Waals surface area contributed by atoms with Gasteiger partial charge < -0.3 is 20.9 Å². The average molecular weight is 310 g/mol. The third kappa shape index (κ3) is 7.08. The standard InChI is InChI=1S/C14H21NO2.C2H5NO2/c1-5-12-9-7-8-10(3)13(12)15-11(4)14(16)17-6-2;3-1-2(4)5/h7-9,11,15H,5-6H2,1-4H3;1,3H2,(H,4,5)/t11-;/m0./s1. The minimum Gasteiger partial charge on any atom is -0.480 e. The van der Waals surface area contributed by atoms with Crippen LogP contribution in [0.15, 0.2) is 18.2 Å². The van der Waals surface area contributed by atoms with E-state index in [0.29, 0.717) is 6.61 Å². The lowest BCUT2D eigenvalue weighted by Crippen LogP contribution is -2.29. The number of carboxylic acid groups (broad SMARTS) is 1. The molecule has 4 N–H and O–H groups in total. The van der Waals surface area contributed by atoms with E-state index in [1.807, 2.05) is 32.9 Å². The van der Waals surface area contributed by atoms with Gasteiger partial charge >= 0.3 is 11.9 Å². The second kappa shape index (κ2) is 10.6. The Kier molecular flexibility index (Phi) is 9.61. The van der Waals surface area contributed by atoms with E-state index in [1.165, 1.54) is 5.56 Å². The number of nitrogens with two attached hydrogens (primary N) is 1. The summed E-state index contributed by atoms with van der Waals surface area (Å²) in [5.41, 5.74) is 8.00. The molecule has 0 spiro atoms. The molecule has 1 atom stereocenters. The molecule has 0 saturated heterocycles. The minimum atomic E-state index is -0.968. The van der Waals surface area contributed by atoms with E-state index in [-0.39, 0.29) is 18.6 Å². The molecule has 0 aliphatic rings. The Labute approximate surface area is 131 Å². The first-order chi connectivity index (χ1) is 10.4. The number of anilines is 1. The van der Waals surface area contributed by atoms with Crippen molar-refractivity contribution in [2.24, 2.45) is 5.73 Å². The number of esters is 1. The molecule has 0 aromatic heterocycles. The zero-order valence-corrected chi connectivity index (χ0v) is 13.7. The van der Waals surface area contributed by atoms with Crippen molar-refractivity contribution in [2.45, 2.75) is 40.2 Å². The van der Waals surface area contributed by atoms with Crippen LogP contribution in [-0.4, -0.2) is 36.2 Å². The average Bonchev–Trinajstić information content (AvgIpc) is 2.49. The molecule has 1 aromatic carbocycles. The summed E-state index contributed by atoms with van der Waals surface area (Å²) in [5.74, 6) is -1.18. The highest BCUT2D eigenvalue weighted by atomic mass is 16.5. The summed E-state index contributed by atoms with van der Waals surface area (Å²) < 4.78 is 4.99. The molecule has 0 aliphatic carbocycles. The van der Waals surface area contributed by atoms with Crippen molar-refractivity contribution in [1.82, 2.24) is 0 Å². The van der Waals surface area contributed by atoms with Crippen LogP contribution in [0.2, 0.25) is 0 Å². The minimum absolute atomic E-state index is 0.210. The number of carbonyl (C=O) groups is 2. The number of para-hydroxylation sites is 1. The zero-order valence-electron chi connectivity index (χ0n) is 13.7. The zero-order chi connectivity index (χ0) is 17.1. The van der Waals surface area contributed by atoms with E-state index < -0.39 is 5.97 Å². The van der Waals surface area contributed by atoms with Gasteiger partial charge in [0.2, 0.25) is 0 Å². The number of carbonyl (C=O) groups excluding carboxylic acids is 1. The quantitative estimate of drug-likeness (QED) is 0.694. The predicted molar refractivity (Wildman–Crippen MR) is 87.0 cm³/mol. The van der Waals surface area contributed by atoms with E-state index >= 15 is 0 Å². The van der Waals surface area contributed by atoms with Gasteiger partial charge in [-0.2, -0.15) is 0 Å². The van der Waals surface area contributed by atoms with Crippen LogP contribution in [0.5, 0.6) is 0 Å². The third-order valence-corrected chi connectivity index (χ3v) is 2.92. The Balaban J connectivity index is 0.000000763. The number of aliphatic carboxylic acids is 1. The van der Waals surface area contributed by atoms with Crippen LogP contribution in [0.1, 0.15) is 31.9 Å².